The van der Waals surface area contributed by atoms with Gasteiger partial charge in [-0.15, -0.1) is 0 Å². The number of halogens is 1. The van der Waals surface area contributed by atoms with Crippen LogP contribution in [-0.2, 0) is 14.8 Å². The molecule has 9 heteroatoms. The van der Waals surface area contributed by atoms with E-state index in [0.29, 0.717) is 55.9 Å². The lowest BCUT2D eigenvalue weighted by Crippen LogP contribution is -2.46. The smallest absolute Gasteiger partial charge is 0.251 e. The Hall–Kier alpha value is -1.64. The average Bonchev–Trinajstić information content (AvgIpc) is 2.58. The molecule has 0 saturated carbocycles. The molecule has 0 bridgehead atoms. The van der Waals surface area contributed by atoms with Gasteiger partial charge in [0.2, 0.25) is 15.9 Å². The van der Waals surface area contributed by atoms with E-state index >= 15 is 0 Å². The predicted octanol–water partition coefficient (Wildman–Crippen LogP) is 1.39. The van der Waals surface area contributed by atoms with Gasteiger partial charge in [0, 0.05) is 42.7 Å². The maximum absolute atomic E-state index is 12.2. The highest BCUT2D eigenvalue weighted by Crippen LogP contribution is 2.13. The van der Waals surface area contributed by atoms with Crippen LogP contribution in [-0.4, -0.2) is 57.1 Å². The number of carbonyl (C=O) groups excluding carboxylic acids is 2. The van der Waals surface area contributed by atoms with Gasteiger partial charge in [0.1, 0.15) is 0 Å². The molecule has 7 nitrogen and oxygen atoms in total. The Morgan fingerprint density at radius 2 is 1.81 bits per heavy atom. The van der Waals surface area contributed by atoms with Crippen molar-refractivity contribution in [2.45, 2.75) is 31.7 Å². The van der Waals surface area contributed by atoms with Crippen molar-refractivity contribution in [2.24, 2.45) is 0 Å². The second-order valence-corrected chi connectivity index (χ2v) is 8.63. The summed E-state index contributed by atoms with van der Waals surface area (Å²) in [5.74, 6) is -0.162. The van der Waals surface area contributed by atoms with E-state index in [1.165, 1.54) is 0 Å². The summed E-state index contributed by atoms with van der Waals surface area (Å²) in [6.45, 7) is 1.51. The van der Waals surface area contributed by atoms with Crippen molar-refractivity contribution in [3.63, 3.8) is 0 Å². The van der Waals surface area contributed by atoms with Crippen molar-refractivity contribution >= 4 is 33.4 Å². The zero-order valence-electron chi connectivity index (χ0n) is 14.7. The van der Waals surface area contributed by atoms with Gasteiger partial charge in [-0.05, 0) is 43.5 Å². The molecule has 1 aliphatic heterocycles. The first-order valence-corrected chi connectivity index (χ1v) is 10.8. The summed E-state index contributed by atoms with van der Waals surface area (Å²) in [6.07, 6.45) is 3.28. The number of amides is 2. The van der Waals surface area contributed by atoms with E-state index in [4.69, 9.17) is 11.6 Å². The second kappa shape index (κ2) is 9.34. The van der Waals surface area contributed by atoms with Crippen molar-refractivity contribution in [3.8, 4) is 0 Å². The van der Waals surface area contributed by atoms with Gasteiger partial charge in [-0.2, -0.15) is 0 Å². The molecule has 1 saturated heterocycles. The molecule has 1 aromatic rings. The van der Waals surface area contributed by atoms with E-state index < -0.39 is 10.0 Å². The van der Waals surface area contributed by atoms with E-state index in [2.05, 4.69) is 10.0 Å². The normalized spacial score (nSPS) is 15.7. The molecule has 26 heavy (non-hydrogen) atoms. The fourth-order valence-corrected chi connectivity index (χ4v) is 3.82. The number of nitrogens with one attached hydrogen (secondary N) is 2. The summed E-state index contributed by atoms with van der Waals surface area (Å²) in [6, 6.07) is 6.51. The Morgan fingerprint density at radius 1 is 1.19 bits per heavy atom. The number of hydrogen-bond donors (Lipinski definition) is 2. The maximum atomic E-state index is 12.2. The van der Waals surface area contributed by atoms with Crippen LogP contribution in [0.25, 0.3) is 0 Å². The summed E-state index contributed by atoms with van der Waals surface area (Å²) >= 11 is 5.78. The van der Waals surface area contributed by atoms with Gasteiger partial charge >= 0.3 is 0 Å². The Morgan fingerprint density at radius 3 is 2.38 bits per heavy atom. The fourth-order valence-electron chi connectivity index (χ4n) is 2.85. The zero-order chi connectivity index (χ0) is 19.2. The fraction of sp³-hybridized carbons (Fsp3) is 0.529. The Balaban J connectivity index is 1.65. The van der Waals surface area contributed by atoms with Crippen LogP contribution in [0, 0.1) is 0 Å². The highest BCUT2D eigenvalue weighted by molar-refractivity contribution is 7.88. The summed E-state index contributed by atoms with van der Waals surface area (Å²) < 4.78 is 25.0. The number of hydrogen-bond acceptors (Lipinski definition) is 4. The molecule has 1 fully saturated rings. The van der Waals surface area contributed by atoms with E-state index in [1.54, 1.807) is 29.2 Å². The third-order valence-corrected chi connectivity index (χ3v) is 5.20. The third-order valence-electron chi connectivity index (χ3n) is 4.19. The molecule has 2 N–H and O–H groups in total. The SMILES string of the molecule is CS(=O)(=O)NC1CCN(C(=O)CCCNC(=O)c2ccc(Cl)cc2)CC1. The Kier molecular flexibility index (Phi) is 7.43. The van der Waals surface area contributed by atoms with Crippen LogP contribution in [0.3, 0.4) is 0 Å². The molecule has 0 spiro atoms. The van der Waals surface area contributed by atoms with Crippen molar-refractivity contribution in [2.75, 3.05) is 25.9 Å². The number of likely N-dealkylation sites (tertiary alicyclic amines) is 1. The molecule has 2 rings (SSSR count). The van der Waals surface area contributed by atoms with Crippen LogP contribution in [0.4, 0.5) is 0 Å². The highest BCUT2D eigenvalue weighted by Gasteiger charge is 2.24. The summed E-state index contributed by atoms with van der Waals surface area (Å²) in [7, 11) is -3.21. The van der Waals surface area contributed by atoms with E-state index in [-0.39, 0.29) is 17.9 Å². The van der Waals surface area contributed by atoms with Gasteiger partial charge in [0.15, 0.2) is 0 Å². The van der Waals surface area contributed by atoms with Gasteiger partial charge in [-0.3, -0.25) is 9.59 Å². The summed E-state index contributed by atoms with van der Waals surface area (Å²) in [4.78, 5) is 25.9. The monoisotopic (exact) mass is 401 g/mol. The van der Waals surface area contributed by atoms with Gasteiger partial charge in [-0.25, -0.2) is 13.1 Å². The predicted molar refractivity (Wildman–Crippen MR) is 101 cm³/mol. The Bertz CT molecular complexity index is 729. The molecule has 2 amide bonds. The van der Waals surface area contributed by atoms with Crippen molar-refractivity contribution < 1.29 is 18.0 Å². The van der Waals surface area contributed by atoms with Crippen LogP contribution < -0.4 is 10.0 Å². The lowest BCUT2D eigenvalue weighted by atomic mass is 10.1. The highest BCUT2D eigenvalue weighted by atomic mass is 35.5. The van der Waals surface area contributed by atoms with Crippen LogP contribution in [0.1, 0.15) is 36.0 Å². The van der Waals surface area contributed by atoms with Crippen molar-refractivity contribution in [1.82, 2.24) is 14.9 Å². The van der Waals surface area contributed by atoms with Gasteiger partial charge in [0.05, 0.1) is 6.26 Å². The molecule has 0 unspecified atom stereocenters. The molecule has 1 heterocycles. The number of sulfonamides is 1. The first kappa shape index (κ1) is 20.7. The molecular weight excluding hydrogens is 378 g/mol. The number of nitrogens with zero attached hydrogens (tertiary/aromatic N) is 1. The second-order valence-electron chi connectivity index (χ2n) is 6.41. The lowest BCUT2D eigenvalue weighted by molar-refractivity contribution is -0.132. The van der Waals surface area contributed by atoms with Gasteiger partial charge in [0.25, 0.3) is 5.91 Å². The first-order valence-electron chi connectivity index (χ1n) is 8.53. The van der Waals surface area contributed by atoms with Crippen LogP contribution in [0.15, 0.2) is 24.3 Å². The molecule has 0 radical (unpaired) electrons. The average molecular weight is 402 g/mol. The van der Waals surface area contributed by atoms with Crippen LogP contribution in [0.5, 0.6) is 0 Å². The van der Waals surface area contributed by atoms with E-state index in [0.717, 1.165) is 6.26 Å². The minimum atomic E-state index is -3.21. The minimum absolute atomic E-state index is 0.0311. The van der Waals surface area contributed by atoms with E-state index in [1.807, 2.05) is 0 Å². The molecule has 1 aromatic carbocycles. The number of rotatable bonds is 7. The number of piperidine rings is 1. The Labute approximate surface area is 159 Å². The molecule has 0 atom stereocenters. The maximum Gasteiger partial charge on any atom is 0.251 e. The largest absolute Gasteiger partial charge is 0.352 e. The summed E-state index contributed by atoms with van der Waals surface area (Å²) in [5, 5.41) is 3.35. The standard InChI is InChI=1S/C17H24ClN3O4S/c1-26(24,25)20-15-8-11-21(12-9-15)16(22)3-2-10-19-17(23)13-4-6-14(18)7-5-13/h4-7,15,20H,2-3,8-12H2,1H3,(H,19,23). The summed E-state index contributed by atoms with van der Waals surface area (Å²) in [5.41, 5.74) is 0.529. The molecule has 1 aliphatic rings. The zero-order valence-corrected chi connectivity index (χ0v) is 16.3. The molecular formula is C17H24ClN3O4S. The first-order chi connectivity index (χ1) is 12.2. The topological polar surface area (TPSA) is 95.6 Å². The van der Waals surface area contributed by atoms with Crippen molar-refractivity contribution in [1.29, 1.82) is 0 Å². The quantitative estimate of drug-likeness (QED) is 0.675. The van der Waals surface area contributed by atoms with Crippen LogP contribution in [0.2, 0.25) is 5.02 Å². The van der Waals surface area contributed by atoms with Gasteiger partial charge in [-0.1, -0.05) is 11.6 Å². The molecule has 0 aromatic heterocycles. The van der Waals surface area contributed by atoms with E-state index in [9.17, 15) is 18.0 Å². The third kappa shape index (κ3) is 6.93. The number of carbonyl (C=O) groups is 2. The van der Waals surface area contributed by atoms with Gasteiger partial charge < -0.3 is 10.2 Å². The lowest BCUT2D eigenvalue weighted by Gasteiger charge is -2.32. The van der Waals surface area contributed by atoms with Crippen molar-refractivity contribution in [3.05, 3.63) is 34.9 Å². The molecule has 0 aliphatic carbocycles. The van der Waals surface area contributed by atoms with Crippen LogP contribution >= 0.6 is 11.6 Å². The molecule has 144 valence electrons. The number of benzene rings is 1. The minimum Gasteiger partial charge on any atom is -0.352 e.